The summed E-state index contributed by atoms with van der Waals surface area (Å²) in [7, 11) is 0. The van der Waals surface area contributed by atoms with Crippen molar-refractivity contribution < 1.29 is 10.3 Å². The number of nitrogens with two attached hydrogens (primary N) is 1. The van der Waals surface area contributed by atoms with Gasteiger partial charge in [-0.15, -0.1) is 0 Å². The van der Waals surface area contributed by atoms with Crippen LogP contribution in [0.25, 0.3) is 0 Å². The van der Waals surface area contributed by atoms with Gasteiger partial charge in [-0.2, -0.15) is 0 Å². The highest BCUT2D eigenvalue weighted by Gasteiger charge is 1.61. The number of benzene rings is 1. The normalized spacial score (nSPS) is 6.64. The number of rotatable bonds is 0. The second kappa shape index (κ2) is 8.65. The fraction of sp³-hybridized carbons (Fsp3) is 0.125. The Morgan fingerprint density at radius 3 is 1.18 bits per heavy atom. The lowest BCUT2D eigenvalue weighted by Gasteiger charge is -1.69. The molecule has 62 valence electrons. The Bertz CT molecular complexity index is 144. The van der Waals surface area contributed by atoms with Crippen LogP contribution in [0.5, 0.6) is 0 Å². The molecule has 4 N–H and O–H groups in total. The molecule has 1 rings (SSSR count). The lowest BCUT2D eigenvalue weighted by molar-refractivity contribution is -0.115. The standard InChI is InChI=1S/C6H6.C2H5NO.H2O/c1-2-4-6-5-3-1;1-2(3)4;/h1-6H;1H3,(H2,3,4);1H2. The summed E-state index contributed by atoms with van der Waals surface area (Å²) in [6.45, 7) is 1.31. The zero-order valence-electron chi connectivity index (χ0n) is 6.45. The lowest BCUT2D eigenvalue weighted by atomic mass is 10.4. The SMILES string of the molecule is CC(N)=O.O.c1ccccc1. The van der Waals surface area contributed by atoms with Gasteiger partial charge in [0.2, 0.25) is 5.91 Å². The molecule has 3 nitrogen and oxygen atoms in total. The van der Waals surface area contributed by atoms with Gasteiger partial charge in [0.25, 0.3) is 0 Å². The molecule has 0 atom stereocenters. The summed E-state index contributed by atoms with van der Waals surface area (Å²) in [5.41, 5.74) is 4.47. The number of hydrogen-bond acceptors (Lipinski definition) is 1. The summed E-state index contributed by atoms with van der Waals surface area (Å²) in [5, 5.41) is 0. The first-order chi connectivity index (χ1) is 4.73. The van der Waals surface area contributed by atoms with Crippen molar-refractivity contribution in [3.63, 3.8) is 0 Å². The van der Waals surface area contributed by atoms with Gasteiger partial charge in [-0.25, -0.2) is 0 Å². The van der Waals surface area contributed by atoms with E-state index in [2.05, 4.69) is 5.73 Å². The van der Waals surface area contributed by atoms with E-state index in [1.54, 1.807) is 0 Å². The molecular formula is C8H13NO2. The van der Waals surface area contributed by atoms with E-state index in [0.717, 1.165) is 0 Å². The molecular weight excluding hydrogens is 142 g/mol. The highest BCUT2D eigenvalue weighted by molar-refractivity contribution is 5.70. The number of hydrogen-bond donors (Lipinski definition) is 1. The Morgan fingerprint density at radius 2 is 1.09 bits per heavy atom. The van der Waals surface area contributed by atoms with Crippen LogP contribution in [0.15, 0.2) is 36.4 Å². The van der Waals surface area contributed by atoms with Gasteiger partial charge in [0.1, 0.15) is 0 Å². The summed E-state index contributed by atoms with van der Waals surface area (Å²) in [5.74, 6) is -0.333. The molecule has 0 radical (unpaired) electrons. The smallest absolute Gasteiger partial charge is 0.214 e. The highest BCUT2D eigenvalue weighted by Crippen LogP contribution is 1.79. The summed E-state index contributed by atoms with van der Waals surface area (Å²) < 4.78 is 0. The zero-order chi connectivity index (χ0) is 7.82. The predicted molar refractivity (Wildman–Crippen MR) is 44.9 cm³/mol. The molecule has 0 spiro atoms. The van der Waals surface area contributed by atoms with Gasteiger partial charge >= 0.3 is 0 Å². The van der Waals surface area contributed by atoms with Crippen LogP contribution in [0, 0.1) is 0 Å². The zero-order valence-corrected chi connectivity index (χ0v) is 6.45. The van der Waals surface area contributed by atoms with Crippen molar-refractivity contribution in [3.8, 4) is 0 Å². The van der Waals surface area contributed by atoms with Crippen molar-refractivity contribution in [1.82, 2.24) is 0 Å². The monoisotopic (exact) mass is 155 g/mol. The third-order valence-electron chi connectivity index (χ3n) is 0.667. The van der Waals surface area contributed by atoms with E-state index in [-0.39, 0.29) is 11.4 Å². The molecule has 0 bridgehead atoms. The predicted octanol–water partition coefficient (Wildman–Crippen LogP) is 0.353. The maximum atomic E-state index is 9.22. The first-order valence-corrected chi connectivity index (χ1v) is 2.99. The number of amides is 1. The summed E-state index contributed by atoms with van der Waals surface area (Å²) in [4.78, 5) is 9.22. The van der Waals surface area contributed by atoms with Gasteiger partial charge in [-0.1, -0.05) is 36.4 Å². The van der Waals surface area contributed by atoms with Crippen LogP contribution in [0.3, 0.4) is 0 Å². The number of primary amides is 1. The molecule has 1 aromatic rings. The van der Waals surface area contributed by atoms with Crippen molar-refractivity contribution in [2.75, 3.05) is 0 Å². The molecule has 0 aromatic heterocycles. The Labute approximate surface area is 66.1 Å². The van der Waals surface area contributed by atoms with Gasteiger partial charge in [-0.3, -0.25) is 4.79 Å². The van der Waals surface area contributed by atoms with Crippen molar-refractivity contribution >= 4 is 5.91 Å². The lowest BCUT2D eigenvalue weighted by Crippen LogP contribution is -2.01. The maximum Gasteiger partial charge on any atom is 0.214 e. The van der Waals surface area contributed by atoms with Crippen LogP contribution in [0.4, 0.5) is 0 Å². The summed E-state index contributed by atoms with van der Waals surface area (Å²) in [6.07, 6.45) is 0. The van der Waals surface area contributed by atoms with Crippen LogP contribution >= 0.6 is 0 Å². The average molecular weight is 155 g/mol. The van der Waals surface area contributed by atoms with Crippen molar-refractivity contribution in [3.05, 3.63) is 36.4 Å². The van der Waals surface area contributed by atoms with Gasteiger partial charge in [-0.05, 0) is 0 Å². The second-order valence-electron chi connectivity index (χ2n) is 1.77. The Balaban J connectivity index is 0. The molecule has 0 aliphatic carbocycles. The quantitative estimate of drug-likeness (QED) is 0.576. The molecule has 0 aliphatic rings. The van der Waals surface area contributed by atoms with Crippen LogP contribution in [0.2, 0.25) is 0 Å². The van der Waals surface area contributed by atoms with Gasteiger partial charge in [0.15, 0.2) is 0 Å². The molecule has 11 heavy (non-hydrogen) atoms. The molecule has 0 saturated heterocycles. The first kappa shape index (κ1) is 12.3. The van der Waals surface area contributed by atoms with Crippen molar-refractivity contribution in [2.24, 2.45) is 5.73 Å². The molecule has 0 aliphatic heterocycles. The topological polar surface area (TPSA) is 74.6 Å². The molecule has 3 heteroatoms. The van der Waals surface area contributed by atoms with Crippen molar-refractivity contribution in [2.45, 2.75) is 6.92 Å². The van der Waals surface area contributed by atoms with Gasteiger partial charge < -0.3 is 11.2 Å². The minimum absolute atomic E-state index is 0. The average Bonchev–Trinajstić information content (AvgIpc) is 1.90. The summed E-state index contributed by atoms with van der Waals surface area (Å²) in [6, 6.07) is 12.0. The molecule has 0 heterocycles. The van der Waals surface area contributed by atoms with Crippen LogP contribution in [-0.4, -0.2) is 11.4 Å². The van der Waals surface area contributed by atoms with E-state index in [1.807, 2.05) is 36.4 Å². The molecule has 0 fully saturated rings. The minimum Gasteiger partial charge on any atom is -0.412 e. The van der Waals surface area contributed by atoms with E-state index < -0.39 is 0 Å². The van der Waals surface area contributed by atoms with Crippen molar-refractivity contribution in [1.29, 1.82) is 0 Å². The molecule has 1 amide bonds. The van der Waals surface area contributed by atoms with Gasteiger partial charge in [0.05, 0.1) is 0 Å². The van der Waals surface area contributed by atoms with Crippen LogP contribution in [0.1, 0.15) is 6.92 Å². The fourth-order valence-electron chi connectivity index (χ4n) is 0.385. The Hall–Kier alpha value is -1.35. The number of carbonyl (C=O) groups is 1. The van der Waals surface area contributed by atoms with E-state index in [0.29, 0.717) is 0 Å². The third kappa shape index (κ3) is 17.7. The van der Waals surface area contributed by atoms with E-state index in [4.69, 9.17) is 0 Å². The maximum absolute atomic E-state index is 9.22. The van der Waals surface area contributed by atoms with Gasteiger partial charge in [0, 0.05) is 6.92 Å². The fourth-order valence-corrected chi connectivity index (χ4v) is 0.385. The van der Waals surface area contributed by atoms with Crippen LogP contribution < -0.4 is 5.73 Å². The van der Waals surface area contributed by atoms with E-state index in [9.17, 15) is 4.79 Å². The molecule has 0 unspecified atom stereocenters. The Morgan fingerprint density at radius 1 is 1.00 bits per heavy atom. The van der Waals surface area contributed by atoms with Crippen LogP contribution in [-0.2, 0) is 4.79 Å². The third-order valence-corrected chi connectivity index (χ3v) is 0.667. The largest absolute Gasteiger partial charge is 0.412 e. The summed E-state index contributed by atoms with van der Waals surface area (Å²) >= 11 is 0. The highest BCUT2D eigenvalue weighted by atomic mass is 16.1. The van der Waals surface area contributed by atoms with E-state index in [1.165, 1.54) is 6.92 Å². The first-order valence-electron chi connectivity index (χ1n) is 2.99. The number of carbonyl (C=O) groups excluding carboxylic acids is 1. The molecule has 0 saturated carbocycles. The minimum atomic E-state index is -0.333. The molecule has 1 aromatic carbocycles. The van der Waals surface area contributed by atoms with E-state index >= 15 is 0 Å². The second-order valence-corrected chi connectivity index (χ2v) is 1.77. The Kier molecular flexibility index (Phi) is 9.70.